The monoisotopic (exact) mass is 504 g/mol. The summed E-state index contributed by atoms with van der Waals surface area (Å²) >= 11 is 2.19. The maximum Gasteiger partial charge on any atom is 0.258 e. The second-order valence-electron chi connectivity index (χ2n) is 6.54. The minimum absolute atomic E-state index is 0.108. The number of ether oxygens (including phenoxy) is 2. The van der Waals surface area contributed by atoms with Gasteiger partial charge in [0.15, 0.2) is 11.6 Å². The molecule has 1 aromatic heterocycles. The number of nitrogens with one attached hydrogen (secondary N) is 1. The Kier molecular flexibility index (Phi) is 6.53. The largest absolute Gasteiger partial charge is 0.496 e. The van der Waals surface area contributed by atoms with Crippen LogP contribution in [0.4, 0.5) is 11.8 Å². The molecule has 7 nitrogen and oxygen atoms in total. The van der Waals surface area contributed by atoms with E-state index in [1.165, 1.54) is 6.20 Å². The fourth-order valence-corrected chi connectivity index (χ4v) is 3.31. The topological polar surface area (TPSA) is 99.4 Å². The van der Waals surface area contributed by atoms with Crippen molar-refractivity contribution in [2.75, 3.05) is 18.2 Å². The van der Waals surface area contributed by atoms with Gasteiger partial charge in [0.2, 0.25) is 5.95 Å². The lowest BCUT2D eigenvalue weighted by atomic mass is 10.0. The van der Waals surface area contributed by atoms with Crippen LogP contribution in [-0.4, -0.2) is 23.0 Å². The lowest BCUT2D eigenvalue weighted by Crippen LogP contribution is -2.14. The molecule has 1 amide bonds. The summed E-state index contributed by atoms with van der Waals surface area (Å²) in [5.41, 5.74) is 7.53. The van der Waals surface area contributed by atoms with Gasteiger partial charge in [-0.2, -0.15) is 4.98 Å². The van der Waals surface area contributed by atoms with Crippen LogP contribution in [0.1, 0.15) is 35.7 Å². The highest BCUT2D eigenvalue weighted by Gasteiger charge is 2.16. The average Bonchev–Trinajstić information content (AvgIpc) is 2.70. The van der Waals surface area contributed by atoms with Crippen LogP contribution in [0.3, 0.4) is 0 Å². The molecule has 0 saturated carbocycles. The van der Waals surface area contributed by atoms with Crippen molar-refractivity contribution in [3.8, 4) is 17.2 Å². The van der Waals surface area contributed by atoms with Crippen LogP contribution in [0.2, 0.25) is 0 Å². The molecule has 0 unspecified atom stereocenters. The standard InChI is InChI=1S/C21H21IN4O3/c1-12(2)14-9-17(28-3)15(22)10-16(14)29-18-11-24-21(25-19(18)23)26-20(27)13-7-5-4-6-8-13/h4-12H,1-3H3,(H3,23,24,25,26,27). The van der Waals surface area contributed by atoms with Crippen LogP contribution in [0.25, 0.3) is 0 Å². The highest BCUT2D eigenvalue weighted by Crippen LogP contribution is 2.37. The quantitative estimate of drug-likeness (QED) is 0.467. The summed E-state index contributed by atoms with van der Waals surface area (Å²) in [6, 6.07) is 12.6. The van der Waals surface area contributed by atoms with Crippen LogP contribution in [0.5, 0.6) is 17.2 Å². The minimum atomic E-state index is -0.314. The Bertz CT molecular complexity index is 1030. The van der Waals surface area contributed by atoms with Crippen molar-refractivity contribution in [3.63, 3.8) is 0 Å². The summed E-state index contributed by atoms with van der Waals surface area (Å²) in [5.74, 6) is 1.88. The summed E-state index contributed by atoms with van der Waals surface area (Å²) in [6.07, 6.45) is 1.45. The number of hydrogen-bond donors (Lipinski definition) is 2. The molecule has 0 saturated heterocycles. The summed E-state index contributed by atoms with van der Waals surface area (Å²) < 4.78 is 12.3. The van der Waals surface area contributed by atoms with E-state index >= 15 is 0 Å². The molecule has 0 fully saturated rings. The zero-order valence-electron chi connectivity index (χ0n) is 16.3. The van der Waals surface area contributed by atoms with E-state index in [0.29, 0.717) is 17.1 Å². The number of nitrogen functional groups attached to an aromatic ring is 1. The minimum Gasteiger partial charge on any atom is -0.496 e. The number of aromatic nitrogens is 2. The van der Waals surface area contributed by atoms with E-state index in [1.807, 2.05) is 18.2 Å². The Morgan fingerprint density at radius 2 is 1.86 bits per heavy atom. The third-order valence-corrected chi connectivity index (χ3v) is 5.01. The van der Waals surface area contributed by atoms with E-state index < -0.39 is 0 Å². The van der Waals surface area contributed by atoms with E-state index in [4.69, 9.17) is 15.2 Å². The number of hydrogen-bond acceptors (Lipinski definition) is 6. The van der Waals surface area contributed by atoms with E-state index in [1.54, 1.807) is 31.4 Å². The highest BCUT2D eigenvalue weighted by molar-refractivity contribution is 14.1. The van der Waals surface area contributed by atoms with Crippen molar-refractivity contribution in [1.82, 2.24) is 9.97 Å². The number of carbonyl (C=O) groups is 1. The first-order valence-corrected chi connectivity index (χ1v) is 10.0. The van der Waals surface area contributed by atoms with Gasteiger partial charge < -0.3 is 15.2 Å². The maximum absolute atomic E-state index is 12.2. The molecule has 3 aromatic rings. The van der Waals surface area contributed by atoms with Crippen molar-refractivity contribution in [2.45, 2.75) is 19.8 Å². The van der Waals surface area contributed by atoms with Crippen molar-refractivity contribution in [3.05, 3.63) is 63.4 Å². The molecule has 0 radical (unpaired) electrons. The van der Waals surface area contributed by atoms with Crippen LogP contribution in [0, 0.1) is 3.57 Å². The number of benzene rings is 2. The van der Waals surface area contributed by atoms with Crippen molar-refractivity contribution >= 4 is 40.3 Å². The lowest BCUT2D eigenvalue weighted by molar-refractivity contribution is 0.102. The Morgan fingerprint density at radius 1 is 1.14 bits per heavy atom. The number of nitrogens with two attached hydrogens (primary N) is 1. The fourth-order valence-electron chi connectivity index (χ4n) is 2.65. The van der Waals surface area contributed by atoms with Gasteiger partial charge in [0.1, 0.15) is 11.5 Å². The molecule has 1 heterocycles. The smallest absolute Gasteiger partial charge is 0.258 e. The maximum atomic E-state index is 12.2. The van der Waals surface area contributed by atoms with Gasteiger partial charge in [-0.3, -0.25) is 10.1 Å². The summed E-state index contributed by atoms with van der Waals surface area (Å²) in [6.45, 7) is 4.13. The van der Waals surface area contributed by atoms with Gasteiger partial charge in [0, 0.05) is 11.1 Å². The van der Waals surface area contributed by atoms with Gasteiger partial charge in [-0.15, -0.1) is 0 Å². The number of rotatable bonds is 6. The van der Waals surface area contributed by atoms with E-state index in [-0.39, 0.29) is 23.6 Å². The van der Waals surface area contributed by atoms with Crippen molar-refractivity contribution in [2.24, 2.45) is 0 Å². The summed E-state index contributed by atoms with van der Waals surface area (Å²) in [7, 11) is 1.64. The molecule has 8 heteroatoms. The molecule has 0 spiro atoms. The zero-order chi connectivity index (χ0) is 21.0. The molecule has 150 valence electrons. The first-order chi connectivity index (χ1) is 13.9. The van der Waals surface area contributed by atoms with Gasteiger partial charge in [-0.25, -0.2) is 4.98 Å². The van der Waals surface area contributed by atoms with E-state index in [9.17, 15) is 4.79 Å². The number of amides is 1. The predicted octanol–water partition coefficient (Wildman–Crippen LogP) is 4.84. The molecule has 0 atom stereocenters. The molecule has 3 N–H and O–H groups in total. The van der Waals surface area contributed by atoms with E-state index in [0.717, 1.165) is 14.9 Å². The normalized spacial score (nSPS) is 10.7. The molecule has 3 rings (SSSR count). The van der Waals surface area contributed by atoms with Gasteiger partial charge >= 0.3 is 0 Å². The number of halogens is 1. The molecule has 0 aliphatic heterocycles. The molecular weight excluding hydrogens is 483 g/mol. The Labute approximate surface area is 182 Å². The number of carbonyl (C=O) groups excluding carboxylic acids is 1. The SMILES string of the molecule is COc1cc(C(C)C)c(Oc2cnc(NC(=O)c3ccccc3)nc2N)cc1I. The van der Waals surface area contributed by atoms with E-state index in [2.05, 4.69) is 51.7 Å². The second-order valence-corrected chi connectivity index (χ2v) is 7.71. The summed E-state index contributed by atoms with van der Waals surface area (Å²) in [5, 5.41) is 2.63. The number of anilines is 2. The molecule has 29 heavy (non-hydrogen) atoms. The average molecular weight is 504 g/mol. The Hall–Kier alpha value is -2.88. The molecule has 0 bridgehead atoms. The second kappa shape index (κ2) is 9.08. The van der Waals surface area contributed by atoms with Gasteiger partial charge in [0.05, 0.1) is 16.9 Å². The predicted molar refractivity (Wildman–Crippen MR) is 121 cm³/mol. The first-order valence-electron chi connectivity index (χ1n) is 8.93. The third kappa shape index (κ3) is 4.94. The van der Waals surface area contributed by atoms with Crippen LogP contribution >= 0.6 is 22.6 Å². The zero-order valence-corrected chi connectivity index (χ0v) is 18.4. The fraction of sp³-hybridized carbons (Fsp3) is 0.190. The Balaban J connectivity index is 1.83. The van der Waals surface area contributed by atoms with Gasteiger partial charge in [-0.1, -0.05) is 32.0 Å². The van der Waals surface area contributed by atoms with Crippen LogP contribution in [-0.2, 0) is 0 Å². The third-order valence-electron chi connectivity index (χ3n) is 4.17. The number of nitrogens with zero attached hydrogens (tertiary/aromatic N) is 2. The molecule has 0 aliphatic rings. The van der Waals surface area contributed by atoms with Crippen molar-refractivity contribution in [1.29, 1.82) is 0 Å². The highest BCUT2D eigenvalue weighted by atomic mass is 127. The van der Waals surface area contributed by atoms with Crippen LogP contribution < -0.4 is 20.5 Å². The van der Waals surface area contributed by atoms with Crippen molar-refractivity contribution < 1.29 is 14.3 Å². The molecule has 0 aliphatic carbocycles. The van der Waals surface area contributed by atoms with Gasteiger partial charge in [0.25, 0.3) is 5.91 Å². The molecule has 2 aromatic carbocycles. The summed E-state index contributed by atoms with van der Waals surface area (Å²) in [4.78, 5) is 20.5. The van der Waals surface area contributed by atoms with Crippen LogP contribution in [0.15, 0.2) is 48.7 Å². The molecular formula is C21H21IN4O3. The van der Waals surface area contributed by atoms with Gasteiger partial charge in [-0.05, 0) is 52.8 Å². The Morgan fingerprint density at radius 3 is 2.48 bits per heavy atom. The first kappa shape index (κ1) is 20.8. The lowest BCUT2D eigenvalue weighted by Gasteiger charge is -2.17. The number of methoxy groups -OCH3 is 1.